The fourth-order valence-electron chi connectivity index (χ4n) is 3.38. The van der Waals surface area contributed by atoms with Crippen LogP contribution in [0.25, 0.3) is 0 Å². The number of halogens is 2. The van der Waals surface area contributed by atoms with Gasteiger partial charge in [0.1, 0.15) is 35.6 Å². The molecule has 0 bridgehead atoms. The third kappa shape index (κ3) is 4.89. The summed E-state index contributed by atoms with van der Waals surface area (Å²) in [4.78, 5) is 4.42. The molecule has 28 heavy (non-hydrogen) atoms. The lowest BCUT2D eigenvalue weighted by molar-refractivity contribution is 0.303. The lowest BCUT2D eigenvalue weighted by Gasteiger charge is -2.12. The first-order chi connectivity index (χ1) is 13.6. The molecular weight excluding hydrogens is 360 g/mol. The van der Waals surface area contributed by atoms with Crippen molar-refractivity contribution in [2.45, 2.75) is 52.0 Å². The summed E-state index contributed by atoms with van der Waals surface area (Å²) in [6, 6.07) is 9.32. The summed E-state index contributed by atoms with van der Waals surface area (Å²) in [6.45, 7) is 5.17. The van der Waals surface area contributed by atoms with Gasteiger partial charge in [-0.1, -0.05) is 44.7 Å². The second kappa shape index (κ2) is 9.67. The van der Waals surface area contributed by atoms with Crippen molar-refractivity contribution >= 4 is 5.90 Å². The predicted octanol–water partition coefficient (Wildman–Crippen LogP) is 6.14. The van der Waals surface area contributed by atoms with E-state index in [-0.39, 0.29) is 24.1 Å². The van der Waals surface area contributed by atoms with Gasteiger partial charge < -0.3 is 9.47 Å². The van der Waals surface area contributed by atoms with Crippen molar-refractivity contribution in [1.29, 1.82) is 0 Å². The van der Waals surface area contributed by atoms with Crippen molar-refractivity contribution in [2.75, 3.05) is 13.2 Å². The Hall–Kier alpha value is -2.43. The Morgan fingerprint density at radius 3 is 2.54 bits per heavy atom. The van der Waals surface area contributed by atoms with Gasteiger partial charge in [0.25, 0.3) is 0 Å². The van der Waals surface area contributed by atoms with Crippen LogP contribution in [0.2, 0.25) is 0 Å². The zero-order valence-corrected chi connectivity index (χ0v) is 16.5. The number of rotatable bonds is 9. The van der Waals surface area contributed by atoms with E-state index in [0.29, 0.717) is 6.61 Å². The average Bonchev–Trinajstić information content (AvgIpc) is 3.14. The maximum absolute atomic E-state index is 14.0. The van der Waals surface area contributed by atoms with Crippen LogP contribution in [-0.2, 0) is 4.74 Å². The topological polar surface area (TPSA) is 30.8 Å². The predicted molar refractivity (Wildman–Crippen MR) is 107 cm³/mol. The smallest absolute Gasteiger partial charge is 0.222 e. The van der Waals surface area contributed by atoms with E-state index in [2.05, 4.69) is 11.9 Å². The van der Waals surface area contributed by atoms with E-state index in [4.69, 9.17) is 9.47 Å². The number of hydrogen-bond acceptors (Lipinski definition) is 3. The molecule has 0 fully saturated rings. The van der Waals surface area contributed by atoms with E-state index >= 15 is 0 Å². The zero-order chi connectivity index (χ0) is 19.9. The third-order valence-corrected chi connectivity index (χ3v) is 4.94. The summed E-state index contributed by atoms with van der Waals surface area (Å²) in [6.07, 6.45) is 6.01. The summed E-state index contributed by atoms with van der Waals surface area (Å²) in [5, 5.41) is 0. The second-order valence-corrected chi connectivity index (χ2v) is 7.14. The number of aryl methyl sites for hydroxylation is 1. The molecule has 2 aromatic carbocycles. The van der Waals surface area contributed by atoms with Crippen LogP contribution in [0.3, 0.4) is 0 Å². The van der Waals surface area contributed by atoms with Crippen molar-refractivity contribution < 1.29 is 18.3 Å². The van der Waals surface area contributed by atoms with Gasteiger partial charge in [-0.2, -0.15) is 0 Å². The third-order valence-electron chi connectivity index (χ3n) is 4.94. The highest BCUT2D eigenvalue weighted by atomic mass is 19.1. The van der Waals surface area contributed by atoms with Gasteiger partial charge in [0, 0.05) is 0 Å². The lowest BCUT2D eigenvalue weighted by Crippen LogP contribution is -2.07. The molecule has 3 rings (SSSR count). The standard InChI is InChI=1S/C23H27F2NO2/c1-3-4-5-6-7-13-27-17-11-12-18(16(2)14-17)21-15-28-23(26-21)22-19(24)9-8-10-20(22)25/h8-12,14,21H,3-7,13,15H2,1-2H3. The van der Waals surface area contributed by atoms with Crippen molar-refractivity contribution in [3.8, 4) is 5.75 Å². The Kier molecular flexibility index (Phi) is 7.01. The van der Waals surface area contributed by atoms with Gasteiger partial charge in [-0.3, -0.25) is 0 Å². The van der Waals surface area contributed by atoms with Gasteiger partial charge >= 0.3 is 0 Å². The number of benzene rings is 2. The molecule has 0 amide bonds. The molecule has 0 spiro atoms. The molecular formula is C23H27F2NO2. The summed E-state index contributed by atoms with van der Waals surface area (Å²) < 4.78 is 39.3. The monoisotopic (exact) mass is 387 g/mol. The molecule has 1 unspecified atom stereocenters. The molecule has 3 nitrogen and oxygen atoms in total. The van der Waals surface area contributed by atoms with Gasteiger partial charge in [0.15, 0.2) is 0 Å². The number of hydrogen-bond donors (Lipinski definition) is 0. The average molecular weight is 387 g/mol. The van der Waals surface area contributed by atoms with E-state index in [0.717, 1.165) is 23.3 Å². The number of ether oxygens (including phenoxy) is 2. The zero-order valence-electron chi connectivity index (χ0n) is 16.5. The molecule has 1 aliphatic heterocycles. The van der Waals surface area contributed by atoms with Crippen LogP contribution >= 0.6 is 0 Å². The highest BCUT2D eigenvalue weighted by Crippen LogP contribution is 2.30. The molecule has 0 aliphatic carbocycles. The fraction of sp³-hybridized carbons (Fsp3) is 0.435. The minimum Gasteiger partial charge on any atom is -0.494 e. The van der Waals surface area contributed by atoms with Crippen molar-refractivity contribution in [1.82, 2.24) is 0 Å². The summed E-state index contributed by atoms with van der Waals surface area (Å²) in [5.74, 6) is -0.481. The van der Waals surface area contributed by atoms with E-state index in [9.17, 15) is 8.78 Å². The number of unbranched alkanes of at least 4 members (excludes halogenated alkanes) is 4. The Morgan fingerprint density at radius 2 is 1.82 bits per heavy atom. The quantitative estimate of drug-likeness (QED) is 0.484. The molecule has 1 aliphatic rings. The second-order valence-electron chi connectivity index (χ2n) is 7.14. The van der Waals surface area contributed by atoms with Gasteiger partial charge in [-0.25, -0.2) is 13.8 Å². The Morgan fingerprint density at radius 1 is 1.07 bits per heavy atom. The van der Waals surface area contributed by atoms with E-state index < -0.39 is 11.6 Å². The summed E-state index contributed by atoms with van der Waals surface area (Å²) >= 11 is 0. The van der Waals surface area contributed by atoms with Crippen LogP contribution in [0, 0.1) is 18.6 Å². The highest BCUT2D eigenvalue weighted by Gasteiger charge is 2.27. The summed E-state index contributed by atoms with van der Waals surface area (Å²) in [5.41, 5.74) is 1.80. The van der Waals surface area contributed by atoms with Gasteiger partial charge in [0.05, 0.1) is 6.61 Å². The molecule has 1 heterocycles. The molecule has 1 atom stereocenters. The van der Waals surface area contributed by atoms with Crippen LogP contribution in [0.5, 0.6) is 5.75 Å². The first-order valence-corrected chi connectivity index (χ1v) is 9.98. The number of aliphatic imine (C=N–C) groups is 1. The molecule has 0 N–H and O–H groups in total. The minimum atomic E-state index is -0.668. The van der Waals surface area contributed by atoms with Crippen molar-refractivity contribution in [3.05, 3.63) is 64.7 Å². The van der Waals surface area contributed by atoms with Gasteiger partial charge in [-0.15, -0.1) is 0 Å². The number of nitrogens with zero attached hydrogens (tertiary/aromatic N) is 1. The maximum Gasteiger partial charge on any atom is 0.222 e. The largest absolute Gasteiger partial charge is 0.494 e. The lowest BCUT2D eigenvalue weighted by atomic mass is 10.0. The fourth-order valence-corrected chi connectivity index (χ4v) is 3.38. The molecule has 0 saturated heterocycles. The normalized spacial score (nSPS) is 16.0. The Bertz CT molecular complexity index is 815. The van der Waals surface area contributed by atoms with Gasteiger partial charge in [0.2, 0.25) is 5.90 Å². The Balaban J connectivity index is 1.64. The van der Waals surface area contributed by atoms with Gasteiger partial charge in [-0.05, 0) is 48.7 Å². The van der Waals surface area contributed by atoms with Crippen LogP contribution in [0.4, 0.5) is 8.78 Å². The SMILES string of the molecule is CCCCCCCOc1ccc(C2COC(c3c(F)cccc3F)=N2)c(C)c1. The maximum atomic E-state index is 14.0. The summed E-state index contributed by atoms with van der Waals surface area (Å²) in [7, 11) is 0. The van der Waals surface area contributed by atoms with E-state index in [1.165, 1.54) is 43.9 Å². The highest BCUT2D eigenvalue weighted by molar-refractivity contribution is 5.95. The minimum absolute atomic E-state index is 0.0207. The molecule has 0 saturated carbocycles. The first kappa shape index (κ1) is 20.3. The van der Waals surface area contributed by atoms with E-state index in [1.54, 1.807) is 0 Å². The Labute approximate surface area is 165 Å². The first-order valence-electron chi connectivity index (χ1n) is 9.98. The van der Waals surface area contributed by atoms with E-state index in [1.807, 2.05) is 25.1 Å². The molecule has 150 valence electrons. The van der Waals surface area contributed by atoms with Crippen LogP contribution in [0.15, 0.2) is 41.4 Å². The molecule has 5 heteroatoms. The van der Waals surface area contributed by atoms with Crippen molar-refractivity contribution in [2.24, 2.45) is 4.99 Å². The van der Waals surface area contributed by atoms with Crippen LogP contribution < -0.4 is 4.74 Å². The molecule has 2 aromatic rings. The van der Waals surface area contributed by atoms with Crippen LogP contribution in [-0.4, -0.2) is 19.1 Å². The molecule has 0 radical (unpaired) electrons. The van der Waals surface area contributed by atoms with Crippen LogP contribution in [0.1, 0.15) is 61.8 Å². The molecule has 0 aromatic heterocycles. The van der Waals surface area contributed by atoms with Crippen molar-refractivity contribution in [3.63, 3.8) is 0 Å².